The fourth-order valence-corrected chi connectivity index (χ4v) is 2.20. The number of nitrogens with one attached hydrogen (secondary N) is 1. The van der Waals surface area contributed by atoms with Gasteiger partial charge in [0.2, 0.25) is 0 Å². The first-order valence-electron chi connectivity index (χ1n) is 8.22. The van der Waals surface area contributed by atoms with Crippen LogP contribution in [0.3, 0.4) is 0 Å². The summed E-state index contributed by atoms with van der Waals surface area (Å²) in [6.07, 6.45) is 5.74. The SMILES string of the molecule is CCCC[C@@H](CC)CNC(=O)c1ccc(OCCC)cc1. The summed E-state index contributed by atoms with van der Waals surface area (Å²) in [4.78, 5) is 12.1. The first-order chi connectivity index (χ1) is 10.2. The van der Waals surface area contributed by atoms with Crippen LogP contribution in [0.5, 0.6) is 5.75 Å². The van der Waals surface area contributed by atoms with Crippen molar-refractivity contribution in [2.75, 3.05) is 13.2 Å². The van der Waals surface area contributed by atoms with E-state index in [0.717, 1.165) is 25.1 Å². The van der Waals surface area contributed by atoms with Crippen LogP contribution in [0.4, 0.5) is 0 Å². The number of ether oxygens (including phenoxy) is 1. The molecule has 1 aromatic carbocycles. The van der Waals surface area contributed by atoms with Crippen molar-refractivity contribution in [1.29, 1.82) is 0 Å². The highest BCUT2D eigenvalue weighted by Gasteiger charge is 2.10. The minimum atomic E-state index is 0.00647. The van der Waals surface area contributed by atoms with Crippen LogP contribution >= 0.6 is 0 Å². The molecule has 0 saturated heterocycles. The number of rotatable bonds is 10. The molecule has 0 aliphatic rings. The van der Waals surface area contributed by atoms with Gasteiger partial charge >= 0.3 is 0 Å². The predicted octanol–water partition coefficient (Wildman–Crippen LogP) is 4.42. The van der Waals surface area contributed by atoms with Gasteiger partial charge in [-0.05, 0) is 43.0 Å². The number of hydrogen-bond acceptors (Lipinski definition) is 2. The molecule has 3 heteroatoms. The highest BCUT2D eigenvalue weighted by molar-refractivity contribution is 5.94. The Morgan fingerprint density at radius 3 is 2.43 bits per heavy atom. The van der Waals surface area contributed by atoms with Gasteiger partial charge in [-0.3, -0.25) is 4.79 Å². The van der Waals surface area contributed by atoms with Gasteiger partial charge in [0.05, 0.1) is 6.61 Å². The highest BCUT2D eigenvalue weighted by atomic mass is 16.5. The molecular weight excluding hydrogens is 262 g/mol. The van der Waals surface area contributed by atoms with E-state index in [2.05, 4.69) is 26.1 Å². The molecule has 3 nitrogen and oxygen atoms in total. The first-order valence-corrected chi connectivity index (χ1v) is 8.22. The van der Waals surface area contributed by atoms with E-state index in [-0.39, 0.29) is 5.91 Å². The van der Waals surface area contributed by atoms with Crippen LogP contribution in [0.25, 0.3) is 0 Å². The molecule has 0 saturated carbocycles. The van der Waals surface area contributed by atoms with Gasteiger partial charge in [-0.15, -0.1) is 0 Å². The van der Waals surface area contributed by atoms with Gasteiger partial charge in [-0.2, -0.15) is 0 Å². The van der Waals surface area contributed by atoms with Gasteiger partial charge in [0.25, 0.3) is 5.91 Å². The average Bonchev–Trinajstić information content (AvgIpc) is 2.53. The maximum Gasteiger partial charge on any atom is 0.251 e. The summed E-state index contributed by atoms with van der Waals surface area (Å²) < 4.78 is 5.52. The lowest BCUT2D eigenvalue weighted by Gasteiger charge is -2.15. The summed E-state index contributed by atoms with van der Waals surface area (Å²) in [6.45, 7) is 7.94. The van der Waals surface area contributed by atoms with Crippen LogP contribution in [0.15, 0.2) is 24.3 Å². The van der Waals surface area contributed by atoms with Crippen molar-refractivity contribution in [3.05, 3.63) is 29.8 Å². The van der Waals surface area contributed by atoms with Crippen molar-refractivity contribution in [1.82, 2.24) is 5.32 Å². The minimum absolute atomic E-state index is 0.00647. The molecule has 0 bridgehead atoms. The summed E-state index contributed by atoms with van der Waals surface area (Å²) in [5, 5.41) is 3.04. The van der Waals surface area contributed by atoms with Gasteiger partial charge in [-0.1, -0.05) is 40.0 Å². The molecule has 1 N–H and O–H groups in total. The van der Waals surface area contributed by atoms with E-state index in [1.807, 2.05) is 24.3 Å². The average molecular weight is 291 g/mol. The summed E-state index contributed by atoms with van der Waals surface area (Å²) in [5.41, 5.74) is 0.698. The van der Waals surface area contributed by atoms with E-state index in [1.54, 1.807) is 0 Å². The molecule has 118 valence electrons. The van der Waals surface area contributed by atoms with Gasteiger partial charge < -0.3 is 10.1 Å². The standard InChI is InChI=1S/C18H29NO2/c1-4-7-8-15(6-3)14-19-18(20)16-9-11-17(12-10-16)21-13-5-2/h9-12,15H,4-8,13-14H2,1-3H3,(H,19,20)/t15-/m1/s1. The number of amides is 1. The third-order valence-electron chi connectivity index (χ3n) is 3.68. The molecule has 0 heterocycles. The molecule has 0 fully saturated rings. The Morgan fingerprint density at radius 1 is 1.14 bits per heavy atom. The largest absolute Gasteiger partial charge is 0.494 e. The second-order valence-electron chi connectivity index (χ2n) is 5.50. The number of carbonyl (C=O) groups excluding carboxylic acids is 1. The van der Waals surface area contributed by atoms with E-state index < -0.39 is 0 Å². The number of carbonyl (C=O) groups is 1. The Kier molecular flexibility index (Phi) is 8.56. The van der Waals surface area contributed by atoms with Crippen molar-refractivity contribution in [2.45, 2.75) is 52.9 Å². The molecule has 0 aliphatic carbocycles. The number of unbranched alkanes of at least 4 members (excludes halogenated alkanes) is 1. The fourth-order valence-electron chi connectivity index (χ4n) is 2.20. The molecule has 1 amide bonds. The third kappa shape index (κ3) is 6.65. The maximum atomic E-state index is 12.1. The van der Waals surface area contributed by atoms with E-state index in [1.165, 1.54) is 19.3 Å². The summed E-state index contributed by atoms with van der Waals surface area (Å²) in [7, 11) is 0. The van der Waals surface area contributed by atoms with Crippen molar-refractivity contribution >= 4 is 5.91 Å². The van der Waals surface area contributed by atoms with E-state index in [9.17, 15) is 4.79 Å². The topological polar surface area (TPSA) is 38.3 Å². The molecule has 0 aliphatic heterocycles. The van der Waals surface area contributed by atoms with Crippen LogP contribution in [-0.2, 0) is 0 Å². The molecule has 1 rings (SSSR count). The van der Waals surface area contributed by atoms with Crippen molar-refractivity contribution in [2.24, 2.45) is 5.92 Å². The summed E-state index contributed by atoms with van der Waals surface area (Å²) in [6, 6.07) is 7.37. The maximum absolute atomic E-state index is 12.1. The van der Waals surface area contributed by atoms with E-state index in [4.69, 9.17) is 4.74 Å². The number of benzene rings is 1. The van der Waals surface area contributed by atoms with Gasteiger partial charge in [0.1, 0.15) is 5.75 Å². The second-order valence-corrected chi connectivity index (χ2v) is 5.50. The van der Waals surface area contributed by atoms with E-state index in [0.29, 0.717) is 18.1 Å². The normalized spacial score (nSPS) is 12.0. The summed E-state index contributed by atoms with van der Waals surface area (Å²) >= 11 is 0. The molecule has 0 spiro atoms. The van der Waals surface area contributed by atoms with Gasteiger partial charge in [0.15, 0.2) is 0 Å². The summed E-state index contributed by atoms with van der Waals surface area (Å²) in [5.74, 6) is 1.41. The Labute approximate surface area is 129 Å². The molecule has 0 radical (unpaired) electrons. The Bertz CT molecular complexity index is 400. The van der Waals surface area contributed by atoms with Crippen molar-refractivity contribution in [3.8, 4) is 5.75 Å². The lowest BCUT2D eigenvalue weighted by Crippen LogP contribution is -2.29. The molecule has 1 aromatic rings. The lowest BCUT2D eigenvalue weighted by atomic mass is 9.99. The molecule has 0 aromatic heterocycles. The predicted molar refractivity (Wildman–Crippen MR) is 87.9 cm³/mol. The molecule has 21 heavy (non-hydrogen) atoms. The second kappa shape index (κ2) is 10.3. The number of hydrogen-bond donors (Lipinski definition) is 1. The quantitative estimate of drug-likeness (QED) is 0.693. The van der Waals surface area contributed by atoms with Crippen LogP contribution in [0.2, 0.25) is 0 Å². The molecular formula is C18H29NO2. The molecule has 1 atom stereocenters. The first kappa shape index (κ1) is 17.5. The van der Waals surface area contributed by atoms with Crippen LogP contribution in [-0.4, -0.2) is 19.1 Å². The van der Waals surface area contributed by atoms with Gasteiger partial charge in [-0.25, -0.2) is 0 Å². The minimum Gasteiger partial charge on any atom is -0.494 e. The highest BCUT2D eigenvalue weighted by Crippen LogP contribution is 2.14. The van der Waals surface area contributed by atoms with Gasteiger partial charge in [0, 0.05) is 12.1 Å². The van der Waals surface area contributed by atoms with E-state index >= 15 is 0 Å². The zero-order valence-electron chi connectivity index (χ0n) is 13.7. The van der Waals surface area contributed by atoms with Crippen molar-refractivity contribution in [3.63, 3.8) is 0 Å². The smallest absolute Gasteiger partial charge is 0.251 e. The van der Waals surface area contributed by atoms with Crippen LogP contribution in [0.1, 0.15) is 63.2 Å². The Balaban J connectivity index is 2.43. The Hall–Kier alpha value is -1.51. The fraction of sp³-hybridized carbons (Fsp3) is 0.611. The monoisotopic (exact) mass is 291 g/mol. The van der Waals surface area contributed by atoms with Crippen LogP contribution < -0.4 is 10.1 Å². The van der Waals surface area contributed by atoms with Crippen molar-refractivity contribution < 1.29 is 9.53 Å². The zero-order valence-corrected chi connectivity index (χ0v) is 13.7. The Morgan fingerprint density at radius 2 is 1.86 bits per heavy atom. The van der Waals surface area contributed by atoms with Crippen LogP contribution in [0, 0.1) is 5.92 Å². The third-order valence-corrected chi connectivity index (χ3v) is 3.68. The lowest BCUT2D eigenvalue weighted by molar-refractivity contribution is 0.0946. The molecule has 0 unspecified atom stereocenters. The zero-order chi connectivity index (χ0) is 15.5.